The van der Waals surface area contributed by atoms with Crippen molar-refractivity contribution in [1.82, 2.24) is 25.3 Å². The molecule has 0 aliphatic heterocycles. The van der Waals surface area contributed by atoms with E-state index < -0.39 is 0 Å². The summed E-state index contributed by atoms with van der Waals surface area (Å²) >= 11 is 6.06. The van der Waals surface area contributed by atoms with Crippen molar-refractivity contribution in [2.24, 2.45) is 7.05 Å². The highest BCUT2D eigenvalue weighted by molar-refractivity contribution is 6.31. The molecular weight excluding hydrogens is 342 g/mol. The van der Waals surface area contributed by atoms with Gasteiger partial charge in [0, 0.05) is 31.5 Å². The number of nitrogens with one attached hydrogen (secondary N) is 1. The number of carbonyl (C=O) groups excluding carboxylic acids is 1. The number of aryl methyl sites for hydroxylation is 3. The van der Waals surface area contributed by atoms with E-state index in [9.17, 15) is 4.79 Å². The predicted molar refractivity (Wildman–Crippen MR) is 92.9 cm³/mol. The van der Waals surface area contributed by atoms with Crippen LogP contribution >= 0.6 is 11.6 Å². The van der Waals surface area contributed by atoms with Crippen LogP contribution < -0.4 is 5.32 Å². The van der Waals surface area contributed by atoms with Crippen LogP contribution in [-0.4, -0.2) is 25.9 Å². The average Bonchev–Trinajstić information content (AvgIpc) is 3.18. The Morgan fingerprint density at radius 1 is 1.32 bits per heavy atom. The maximum absolute atomic E-state index is 12.0. The molecule has 0 aliphatic rings. The van der Waals surface area contributed by atoms with Crippen LogP contribution in [0.5, 0.6) is 0 Å². The minimum Gasteiger partial charge on any atom is -0.419 e. The summed E-state index contributed by atoms with van der Waals surface area (Å²) in [6.07, 6.45) is 0.634. The molecule has 1 N–H and O–H groups in total. The Morgan fingerprint density at radius 3 is 2.84 bits per heavy atom. The molecule has 0 saturated heterocycles. The van der Waals surface area contributed by atoms with Gasteiger partial charge in [0.2, 0.25) is 11.8 Å². The smallest absolute Gasteiger partial charge is 0.265 e. The Bertz CT molecular complexity index is 887. The fourth-order valence-electron chi connectivity index (χ4n) is 2.41. The van der Waals surface area contributed by atoms with Crippen molar-refractivity contribution < 1.29 is 9.21 Å². The van der Waals surface area contributed by atoms with Gasteiger partial charge in [-0.25, -0.2) is 0 Å². The van der Waals surface area contributed by atoms with E-state index in [0.29, 0.717) is 29.8 Å². The third-order valence-corrected chi connectivity index (χ3v) is 4.06. The molecule has 7 nitrogen and oxygen atoms in total. The zero-order chi connectivity index (χ0) is 17.8. The molecule has 25 heavy (non-hydrogen) atoms. The summed E-state index contributed by atoms with van der Waals surface area (Å²) in [5.74, 6) is 0.715. The SMILES string of the molecule is Cc1cc(-c2nnc(CCC(=O)NCc3ccccc3Cl)o2)n(C)n1. The number of carbonyl (C=O) groups is 1. The summed E-state index contributed by atoms with van der Waals surface area (Å²) in [6, 6.07) is 9.28. The molecule has 2 aromatic heterocycles. The van der Waals surface area contributed by atoms with Crippen molar-refractivity contribution >= 4 is 17.5 Å². The molecule has 0 aliphatic carbocycles. The van der Waals surface area contributed by atoms with Gasteiger partial charge in [-0.15, -0.1) is 10.2 Å². The first-order valence-electron chi connectivity index (χ1n) is 7.86. The molecule has 0 atom stereocenters. The largest absolute Gasteiger partial charge is 0.419 e. The van der Waals surface area contributed by atoms with Crippen molar-refractivity contribution in [1.29, 1.82) is 0 Å². The van der Waals surface area contributed by atoms with Crippen molar-refractivity contribution in [3.05, 3.63) is 52.5 Å². The molecule has 0 bridgehead atoms. The molecule has 3 rings (SSSR count). The summed E-state index contributed by atoms with van der Waals surface area (Å²) in [7, 11) is 1.81. The number of aromatic nitrogens is 4. The lowest BCUT2D eigenvalue weighted by Crippen LogP contribution is -2.23. The van der Waals surface area contributed by atoms with Crippen molar-refractivity contribution in [3.63, 3.8) is 0 Å². The van der Waals surface area contributed by atoms with Gasteiger partial charge in [0.25, 0.3) is 5.89 Å². The van der Waals surface area contributed by atoms with Gasteiger partial charge in [0.1, 0.15) is 5.69 Å². The third-order valence-electron chi connectivity index (χ3n) is 3.69. The quantitative estimate of drug-likeness (QED) is 0.731. The lowest BCUT2D eigenvalue weighted by molar-refractivity contribution is -0.121. The zero-order valence-electron chi connectivity index (χ0n) is 14.0. The van der Waals surface area contributed by atoms with Crippen molar-refractivity contribution in [3.8, 4) is 11.6 Å². The van der Waals surface area contributed by atoms with E-state index in [-0.39, 0.29) is 12.3 Å². The van der Waals surface area contributed by atoms with Gasteiger partial charge in [0.05, 0.1) is 5.69 Å². The number of rotatable bonds is 6. The molecule has 0 radical (unpaired) electrons. The van der Waals surface area contributed by atoms with Crippen LogP contribution in [0.3, 0.4) is 0 Å². The van der Waals surface area contributed by atoms with E-state index in [4.69, 9.17) is 16.0 Å². The molecule has 0 unspecified atom stereocenters. The van der Waals surface area contributed by atoms with E-state index in [0.717, 1.165) is 17.0 Å². The van der Waals surface area contributed by atoms with Gasteiger partial charge in [-0.2, -0.15) is 5.10 Å². The first-order valence-corrected chi connectivity index (χ1v) is 8.24. The third kappa shape index (κ3) is 4.24. The minimum absolute atomic E-state index is 0.101. The number of hydrogen-bond donors (Lipinski definition) is 1. The minimum atomic E-state index is -0.101. The fraction of sp³-hybridized carbons (Fsp3) is 0.294. The predicted octanol–water partition coefficient (Wildman–Crippen LogP) is 2.68. The first-order chi connectivity index (χ1) is 12.0. The van der Waals surface area contributed by atoms with E-state index >= 15 is 0 Å². The standard InChI is InChI=1S/C17H18ClN5O2/c1-11-9-14(23(2)22-11)17-21-20-16(25-17)8-7-15(24)19-10-12-5-3-4-6-13(12)18/h3-6,9H,7-8,10H2,1-2H3,(H,19,24). The van der Waals surface area contributed by atoms with Crippen LogP contribution in [0.25, 0.3) is 11.6 Å². The average molecular weight is 360 g/mol. The van der Waals surface area contributed by atoms with Crippen LogP contribution in [0.15, 0.2) is 34.7 Å². The van der Waals surface area contributed by atoms with E-state index in [1.807, 2.05) is 38.2 Å². The van der Waals surface area contributed by atoms with Gasteiger partial charge in [0.15, 0.2) is 0 Å². The highest BCUT2D eigenvalue weighted by Gasteiger charge is 2.14. The molecule has 0 saturated carbocycles. The fourth-order valence-corrected chi connectivity index (χ4v) is 2.62. The van der Waals surface area contributed by atoms with E-state index in [1.54, 1.807) is 10.7 Å². The Labute approximate surface area is 150 Å². The number of nitrogens with zero attached hydrogens (tertiary/aromatic N) is 4. The molecule has 8 heteroatoms. The second kappa shape index (κ2) is 7.48. The van der Waals surface area contributed by atoms with Gasteiger partial charge in [-0.1, -0.05) is 29.8 Å². The molecule has 2 heterocycles. The van der Waals surface area contributed by atoms with Crippen molar-refractivity contribution in [2.75, 3.05) is 0 Å². The lowest BCUT2D eigenvalue weighted by Gasteiger charge is -2.06. The zero-order valence-corrected chi connectivity index (χ0v) is 14.7. The van der Waals surface area contributed by atoms with Gasteiger partial charge < -0.3 is 9.73 Å². The van der Waals surface area contributed by atoms with Crippen molar-refractivity contribution in [2.45, 2.75) is 26.3 Å². The monoisotopic (exact) mass is 359 g/mol. The maximum atomic E-state index is 12.0. The summed E-state index contributed by atoms with van der Waals surface area (Å²) in [5, 5.41) is 15.7. The Morgan fingerprint density at radius 2 is 2.12 bits per heavy atom. The van der Waals surface area contributed by atoms with Crippen LogP contribution in [0.4, 0.5) is 0 Å². The van der Waals surface area contributed by atoms with Crippen LogP contribution in [0.1, 0.15) is 23.6 Å². The number of hydrogen-bond acceptors (Lipinski definition) is 5. The normalized spacial score (nSPS) is 10.8. The molecule has 1 amide bonds. The summed E-state index contributed by atoms with van der Waals surface area (Å²) in [4.78, 5) is 12.0. The molecule has 0 fully saturated rings. The van der Waals surface area contributed by atoms with Crippen LogP contribution in [-0.2, 0) is 24.8 Å². The highest BCUT2D eigenvalue weighted by atomic mass is 35.5. The van der Waals surface area contributed by atoms with E-state index in [1.165, 1.54) is 0 Å². The van der Waals surface area contributed by atoms with Gasteiger partial charge >= 0.3 is 0 Å². The second-order valence-corrected chi connectivity index (χ2v) is 6.07. The molecule has 0 spiro atoms. The molecular formula is C17H18ClN5O2. The Balaban J connectivity index is 1.53. The Hall–Kier alpha value is -2.67. The number of amides is 1. The first kappa shape index (κ1) is 17.2. The number of benzene rings is 1. The summed E-state index contributed by atoms with van der Waals surface area (Å²) in [6.45, 7) is 2.28. The van der Waals surface area contributed by atoms with Gasteiger partial charge in [-0.05, 0) is 24.6 Å². The Kier molecular flexibility index (Phi) is 5.14. The molecule has 3 aromatic rings. The van der Waals surface area contributed by atoms with Gasteiger partial charge in [-0.3, -0.25) is 9.48 Å². The molecule has 1 aromatic carbocycles. The molecule has 130 valence electrons. The topological polar surface area (TPSA) is 85.8 Å². The summed E-state index contributed by atoms with van der Waals surface area (Å²) in [5.41, 5.74) is 2.50. The second-order valence-electron chi connectivity index (χ2n) is 5.66. The highest BCUT2D eigenvalue weighted by Crippen LogP contribution is 2.18. The maximum Gasteiger partial charge on any atom is 0.265 e. The number of halogens is 1. The van der Waals surface area contributed by atoms with Crippen LogP contribution in [0, 0.1) is 6.92 Å². The lowest BCUT2D eigenvalue weighted by atomic mass is 10.2. The summed E-state index contributed by atoms with van der Waals surface area (Å²) < 4.78 is 7.30. The van der Waals surface area contributed by atoms with Crippen LogP contribution in [0.2, 0.25) is 5.02 Å². The van der Waals surface area contributed by atoms with E-state index in [2.05, 4.69) is 20.6 Å².